The van der Waals surface area contributed by atoms with Gasteiger partial charge < -0.3 is 10.5 Å². The SMILES string of the molecule is NCc1ccc(OC(F)(F)F)c(I)c1. The van der Waals surface area contributed by atoms with Crippen LogP contribution in [-0.4, -0.2) is 6.36 Å². The van der Waals surface area contributed by atoms with Gasteiger partial charge in [-0.15, -0.1) is 13.2 Å². The number of rotatable bonds is 2. The van der Waals surface area contributed by atoms with Gasteiger partial charge in [-0.05, 0) is 40.3 Å². The van der Waals surface area contributed by atoms with Crippen LogP contribution in [0.1, 0.15) is 5.56 Å². The van der Waals surface area contributed by atoms with Gasteiger partial charge in [0.25, 0.3) is 0 Å². The topological polar surface area (TPSA) is 35.2 Å². The minimum absolute atomic E-state index is 0.199. The Kier molecular flexibility index (Phi) is 3.59. The molecule has 78 valence electrons. The minimum Gasteiger partial charge on any atom is -0.405 e. The van der Waals surface area contributed by atoms with Gasteiger partial charge in [-0.3, -0.25) is 0 Å². The van der Waals surface area contributed by atoms with Crippen molar-refractivity contribution in [2.45, 2.75) is 12.9 Å². The number of ether oxygens (including phenoxy) is 1. The molecule has 2 nitrogen and oxygen atoms in total. The monoisotopic (exact) mass is 317 g/mol. The van der Waals surface area contributed by atoms with E-state index in [2.05, 4.69) is 4.74 Å². The summed E-state index contributed by atoms with van der Waals surface area (Å²) in [4.78, 5) is 0. The highest BCUT2D eigenvalue weighted by molar-refractivity contribution is 14.1. The van der Waals surface area contributed by atoms with Gasteiger partial charge in [-0.2, -0.15) is 0 Å². The van der Waals surface area contributed by atoms with Gasteiger partial charge in [0, 0.05) is 6.54 Å². The summed E-state index contributed by atoms with van der Waals surface area (Å²) in [5, 5.41) is 0. The van der Waals surface area contributed by atoms with Crippen LogP contribution < -0.4 is 10.5 Å². The Bertz CT molecular complexity index is 327. The maximum absolute atomic E-state index is 11.9. The molecule has 0 saturated heterocycles. The Balaban J connectivity index is 2.89. The quantitative estimate of drug-likeness (QED) is 0.851. The summed E-state index contributed by atoms with van der Waals surface area (Å²) in [5.74, 6) is -0.199. The fraction of sp³-hybridized carbons (Fsp3) is 0.250. The number of alkyl halides is 3. The van der Waals surface area contributed by atoms with Crippen molar-refractivity contribution in [3.8, 4) is 5.75 Å². The maximum Gasteiger partial charge on any atom is 0.573 e. The Labute approximate surface area is 92.4 Å². The van der Waals surface area contributed by atoms with Crippen LogP contribution in [-0.2, 0) is 6.54 Å². The molecule has 0 bridgehead atoms. The number of halogens is 4. The number of benzene rings is 1. The van der Waals surface area contributed by atoms with E-state index < -0.39 is 6.36 Å². The van der Waals surface area contributed by atoms with Crippen LogP contribution in [0.2, 0.25) is 0 Å². The number of hydrogen-bond acceptors (Lipinski definition) is 2. The molecule has 0 saturated carbocycles. The fourth-order valence-electron chi connectivity index (χ4n) is 0.879. The molecule has 0 unspecified atom stereocenters. The van der Waals surface area contributed by atoms with Crippen LogP contribution in [0.15, 0.2) is 18.2 Å². The summed E-state index contributed by atoms with van der Waals surface area (Å²) < 4.78 is 39.7. The average molecular weight is 317 g/mol. The van der Waals surface area contributed by atoms with E-state index in [1.807, 2.05) is 0 Å². The highest BCUT2D eigenvalue weighted by atomic mass is 127. The molecule has 6 heteroatoms. The van der Waals surface area contributed by atoms with Gasteiger partial charge in [0.1, 0.15) is 5.75 Å². The van der Waals surface area contributed by atoms with E-state index >= 15 is 0 Å². The van der Waals surface area contributed by atoms with Crippen LogP contribution in [0.25, 0.3) is 0 Å². The summed E-state index contributed by atoms with van der Waals surface area (Å²) in [6, 6.07) is 4.32. The van der Waals surface area contributed by atoms with Crippen molar-refractivity contribution in [2.24, 2.45) is 5.73 Å². The molecule has 0 aliphatic heterocycles. The normalized spacial score (nSPS) is 11.5. The standard InChI is InChI=1S/C8H7F3INO/c9-8(10,11)14-7-2-1-5(4-13)3-6(7)12/h1-3H,4,13H2. The van der Waals surface area contributed by atoms with Gasteiger partial charge in [0.2, 0.25) is 0 Å². The van der Waals surface area contributed by atoms with Gasteiger partial charge in [0.05, 0.1) is 3.57 Å². The Morgan fingerprint density at radius 1 is 1.36 bits per heavy atom. The highest BCUT2D eigenvalue weighted by Crippen LogP contribution is 2.28. The molecule has 0 aliphatic carbocycles. The molecule has 1 aromatic rings. The van der Waals surface area contributed by atoms with Crippen molar-refractivity contribution in [2.75, 3.05) is 0 Å². The van der Waals surface area contributed by atoms with Crippen molar-refractivity contribution in [1.82, 2.24) is 0 Å². The first-order valence-electron chi connectivity index (χ1n) is 3.66. The predicted molar refractivity (Wildman–Crippen MR) is 53.7 cm³/mol. The summed E-state index contributed by atoms with van der Waals surface area (Å²) in [7, 11) is 0. The lowest BCUT2D eigenvalue weighted by atomic mass is 10.2. The number of hydrogen-bond donors (Lipinski definition) is 1. The lowest BCUT2D eigenvalue weighted by Gasteiger charge is -2.10. The molecule has 0 amide bonds. The zero-order chi connectivity index (χ0) is 10.8. The van der Waals surface area contributed by atoms with Crippen molar-refractivity contribution in [1.29, 1.82) is 0 Å². The van der Waals surface area contributed by atoms with Crippen molar-refractivity contribution >= 4 is 22.6 Å². The second-order valence-electron chi connectivity index (χ2n) is 2.52. The first-order chi connectivity index (χ1) is 6.42. The van der Waals surface area contributed by atoms with E-state index in [-0.39, 0.29) is 5.75 Å². The largest absolute Gasteiger partial charge is 0.573 e. The summed E-state index contributed by atoms with van der Waals surface area (Å²) in [6.07, 6.45) is -4.65. The second kappa shape index (κ2) is 4.35. The van der Waals surface area contributed by atoms with E-state index in [1.165, 1.54) is 12.1 Å². The molecule has 0 aromatic heterocycles. The Morgan fingerprint density at radius 3 is 2.43 bits per heavy atom. The van der Waals surface area contributed by atoms with Gasteiger partial charge in [0.15, 0.2) is 0 Å². The van der Waals surface area contributed by atoms with Crippen molar-refractivity contribution in [3.05, 3.63) is 27.3 Å². The van der Waals surface area contributed by atoms with Gasteiger partial charge in [-0.25, -0.2) is 0 Å². The predicted octanol–water partition coefficient (Wildman–Crippen LogP) is 2.65. The summed E-state index contributed by atoms with van der Waals surface area (Å²) >= 11 is 1.77. The van der Waals surface area contributed by atoms with E-state index in [9.17, 15) is 13.2 Å². The third-order valence-electron chi connectivity index (χ3n) is 1.46. The fourth-order valence-corrected chi connectivity index (χ4v) is 1.57. The molecule has 14 heavy (non-hydrogen) atoms. The molecular weight excluding hydrogens is 310 g/mol. The third-order valence-corrected chi connectivity index (χ3v) is 2.30. The minimum atomic E-state index is -4.65. The molecule has 0 fully saturated rings. The lowest BCUT2D eigenvalue weighted by Crippen LogP contribution is -2.17. The smallest absolute Gasteiger partial charge is 0.405 e. The molecule has 0 heterocycles. The van der Waals surface area contributed by atoms with Crippen LogP contribution in [0.3, 0.4) is 0 Å². The van der Waals surface area contributed by atoms with E-state index in [1.54, 1.807) is 28.7 Å². The van der Waals surface area contributed by atoms with Crippen molar-refractivity contribution < 1.29 is 17.9 Å². The second-order valence-corrected chi connectivity index (χ2v) is 3.68. The molecular formula is C8H7F3INO. The first kappa shape index (κ1) is 11.6. The molecule has 0 spiro atoms. The molecule has 1 aromatic carbocycles. The van der Waals surface area contributed by atoms with E-state index in [0.717, 1.165) is 5.56 Å². The lowest BCUT2D eigenvalue weighted by molar-refractivity contribution is -0.274. The zero-order valence-corrected chi connectivity index (χ0v) is 9.09. The molecule has 0 radical (unpaired) electrons. The zero-order valence-electron chi connectivity index (χ0n) is 6.94. The molecule has 2 N–H and O–H groups in total. The average Bonchev–Trinajstić information content (AvgIpc) is 2.06. The highest BCUT2D eigenvalue weighted by Gasteiger charge is 2.31. The maximum atomic E-state index is 11.9. The van der Waals surface area contributed by atoms with Crippen LogP contribution >= 0.6 is 22.6 Å². The third kappa shape index (κ3) is 3.33. The van der Waals surface area contributed by atoms with Crippen LogP contribution in [0.4, 0.5) is 13.2 Å². The number of nitrogens with two attached hydrogens (primary N) is 1. The van der Waals surface area contributed by atoms with Crippen LogP contribution in [0, 0.1) is 3.57 Å². The summed E-state index contributed by atoms with van der Waals surface area (Å²) in [6.45, 7) is 0.294. The molecule has 0 aliphatic rings. The van der Waals surface area contributed by atoms with E-state index in [0.29, 0.717) is 10.1 Å². The Morgan fingerprint density at radius 2 is 2.00 bits per heavy atom. The van der Waals surface area contributed by atoms with Crippen molar-refractivity contribution in [3.63, 3.8) is 0 Å². The van der Waals surface area contributed by atoms with Gasteiger partial charge >= 0.3 is 6.36 Å². The molecule has 1 rings (SSSR count). The molecule has 0 atom stereocenters. The van der Waals surface area contributed by atoms with Gasteiger partial charge in [-0.1, -0.05) is 6.07 Å². The summed E-state index contributed by atoms with van der Waals surface area (Å²) in [5.41, 5.74) is 6.10. The van der Waals surface area contributed by atoms with Crippen LogP contribution in [0.5, 0.6) is 5.75 Å². The first-order valence-corrected chi connectivity index (χ1v) is 4.74. The Hall–Kier alpha value is -0.500. The van der Waals surface area contributed by atoms with E-state index in [4.69, 9.17) is 5.73 Å².